The van der Waals surface area contributed by atoms with Crippen molar-refractivity contribution in [3.8, 4) is 17.2 Å². The van der Waals surface area contributed by atoms with Crippen molar-refractivity contribution in [1.29, 1.82) is 0 Å². The number of anilines is 2. The number of rotatable bonds is 5. The molecule has 3 N–H and O–H groups in total. The van der Waals surface area contributed by atoms with Crippen molar-refractivity contribution in [2.24, 2.45) is 17.8 Å². The molecular weight excluding hydrogens is 746 g/mol. The normalized spacial score (nSPS) is 28.1. The summed E-state index contributed by atoms with van der Waals surface area (Å²) in [6.07, 6.45) is 0.403. The molecule has 0 spiro atoms. The molecule has 6 atom stereocenters. The van der Waals surface area contributed by atoms with Crippen molar-refractivity contribution in [1.82, 2.24) is 0 Å². The van der Waals surface area contributed by atoms with Crippen LogP contribution < -0.4 is 14.5 Å². The molecule has 3 aromatic rings. The number of alkyl halides is 2. The predicted molar refractivity (Wildman–Crippen MR) is 169 cm³/mol. The quantitative estimate of drug-likeness (QED) is 0.0785. The standard InChI is InChI=1S/C34H21Cl2F5N2O9/c1-52-18-4-2-3-16(44)20(18)21-12-7-8-14-19(29(47)42(28(14)46)11-5-6-13(30(48)49)17(45)9-11)15(12)10-33(35)31(50)43(32(51)34(21,33)36)27-25(40)23(38)22(37)24(39)26(27)41/h2-7,9,14-15,19,21,44-45H,8,10H2,1H3,(H,48,49)/t14-,15+,19-,21+,33+,34-/m0/s1. The van der Waals surface area contributed by atoms with Crippen molar-refractivity contribution < 1.29 is 66.0 Å². The Morgan fingerprint density at radius 2 is 1.48 bits per heavy atom. The summed E-state index contributed by atoms with van der Waals surface area (Å²) in [5.74, 6) is -26.4. The number of carboxylic acid groups (broad SMARTS) is 1. The van der Waals surface area contributed by atoms with Gasteiger partial charge in [-0.2, -0.15) is 0 Å². The van der Waals surface area contributed by atoms with Crippen LogP contribution in [0.15, 0.2) is 48.0 Å². The van der Waals surface area contributed by atoms with Crippen LogP contribution in [-0.4, -0.2) is 61.8 Å². The number of nitrogens with zero attached hydrogens (tertiary/aromatic N) is 2. The summed E-state index contributed by atoms with van der Waals surface area (Å²) >= 11 is 14.2. The first-order valence-corrected chi connectivity index (χ1v) is 16.0. The van der Waals surface area contributed by atoms with Gasteiger partial charge in [-0.05, 0) is 43.0 Å². The molecule has 3 aromatic carbocycles. The summed E-state index contributed by atoms with van der Waals surface area (Å²) in [6.45, 7) is 0. The highest BCUT2D eigenvalue weighted by Gasteiger charge is 2.77. The molecule has 0 unspecified atom stereocenters. The summed E-state index contributed by atoms with van der Waals surface area (Å²) in [6, 6.07) is 6.76. The number of carboxylic acids is 1. The molecule has 4 aliphatic rings. The second kappa shape index (κ2) is 11.6. The summed E-state index contributed by atoms with van der Waals surface area (Å²) in [5, 5.41) is 30.8. The first kappa shape index (κ1) is 35.2. The highest BCUT2D eigenvalue weighted by Crippen LogP contribution is 2.67. The van der Waals surface area contributed by atoms with E-state index < -0.39 is 121 Å². The van der Waals surface area contributed by atoms with Gasteiger partial charge in [0, 0.05) is 17.5 Å². The molecule has 1 saturated carbocycles. The van der Waals surface area contributed by atoms with Crippen LogP contribution in [0.5, 0.6) is 17.2 Å². The Bertz CT molecular complexity index is 2210. The lowest BCUT2D eigenvalue weighted by Crippen LogP contribution is -2.60. The zero-order chi connectivity index (χ0) is 37.9. The lowest BCUT2D eigenvalue weighted by atomic mass is 9.56. The third-order valence-electron chi connectivity index (χ3n) is 10.2. The Hall–Kier alpha value is -5.22. The molecule has 2 saturated heterocycles. The molecule has 7 rings (SSSR count). The smallest absolute Gasteiger partial charge is 0.339 e. The van der Waals surface area contributed by atoms with Crippen LogP contribution in [0, 0.1) is 46.8 Å². The maximum absolute atomic E-state index is 15.2. The number of imide groups is 2. The summed E-state index contributed by atoms with van der Waals surface area (Å²) in [5.41, 5.74) is -2.93. The molecule has 3 fully saturated rings. The number of phenolic OH excluding ortho intramolecular Hbond substituents is 1. The van der Waals surface area contributed by atoms with Gasteiger partial charge in [-0.3, -0.25) is 19.2 Å². The zero-order valence-electron chi connectivity index (χ0n) is 26.1. The van der Waals surface area contributed by atoms with Crippen LogP contribution >= 0.6 is 23.2 Å². The van der Waals surface area contributed by atoms with E-state index in [1.165, 1.54) is 25.3 Å². The minimum Gasteiger partial charge on any atom is -0.508 e. The SMILES string of the molecule is COc1cccc(O)c1[C@H]1C2=CC[C@@H]3C(=O)N(c4ccc(C(=O)O)c(O)c4)C(=O)[C@@H]3[C@@H]2C[C@@]2(Cl)C(=O)N(c3c(F)c(F)c(F)c(F)c3F)C(=O)[C@@]12Cl. The Labute approximate surface area is 298 Å². The number of carbonyl (C=O) groups excluding carboxylic acids is 4. The highest BCUT2D eigenvalue weighted by molar-refractivity contribution is 6.58. The second-order valence-corrected chi connectivity index (χ2v) is 13.8. The monoisotopic (exact) mass is 766 g/mol. The fraction of sp³-hybridized carbons (Fsp3) is 0.265. The number of fused-ring (bicyclic) bond motifs is 4. The Morgan fingerprint density at radius 1 is 0.846 bits per heavy atom. The molecule has 0 radical (unpaired) electrons. The molecule has 0 aromatic heterocycles. The number of amides is 4. The Balaban J connectivity index is 1.44. The molecule has 52 heavy (non-hydrogen) atoms. The van der Waals surface area contributed by atoms with Gasteiger partial charge in [-0.1, -0.05) is 17.7 Å². The maximum atomic E-state index is 15.2. The number of halogens is 7. The van der Waals surface area contributed by atoms with E-state index in [2.05, 4.69) is 0 Å². The van der Waals surface area contributed by atoms with Crippen molar-refractivity contribution in [2.75, 3.05) is 16.9 Å². The highest BCUT2D eigenvalue weighted by atomic mass is 35.5. The second-order valence-electron chi connectivity index (χ2n) is 12.6. The summed E-state index contributed by atoms with van der Waals surface area (Å²) in [4.78, 5) is 62.8. The Kier molecular flexibility index (Phi) is 7.88. The number of benzene rings is 3. The number of hydrogen-bond donors (Lipinski definition) is 3. The molecule has 2 aliphatic heterocycles. The van der Waals surface area contributed by atoms with Gasteiger partial charge in [-0.25, -0.2) is 36.5 Å². The minimum atomic E-state index is -2.89. The van der Waals surface area contributed by atoms with Crippen molar-refractivity contribution in [2.45, 2.75) is 28.5 Å². The average Bonchev–Trinajstić information content (AvgIpc) is 3.44. The molecule has 270 valence electrons. The van der Waals surface area contributed by atoms with E-state index in [0.717, 1.165) is 24.3 Å². The van der Waals surface area contributed by atoms with Gasteiger partial charge in [0.25, 0.3) is 11.8 Å². The van der Waals surface area contributed by atoms with Crippen molar-refractivity contribution >= 4 is 64.2 Å². The lowest BCUT2D eigenvalue weighted by molar-refractivity contribution is -0.125. The molecule has 18 heteroatoms. The van der Waals surface area contributed by atoms with Gasteiger partial charge >= 0.3 is 5.97 Å². The number of aromatic carboxylic acids is 1. The van der Waals surface area contributed by atoms with Crippen molar-refractivity contribution in [3.05, 3.63) is 88.3 Å². The Morgan fingerprint density at radius 3 is 2.08 bits per heavy atom. The van der Waals surface area contributed by atoms with E-state index in [0.29, 0.717) is 4.90 Å². The zero-order valence-corrected chi connectivity index (χ0v) is 27.6. The topological polar surface area (TPSA) is 162 Å². The first-order valence-electron chi connectivity index (χ1n) is 15.2. The van der Waals surface area contributed by atoms with E-state index in [4.69, 9.17) is 27.9 Å². The minimum absolute atomic E-state index is 0.0554. The third kappa shape index (κ3) is 4.33. The van der Waals surface area contributed by atoms with Gasteiger partial charge in [-0.15, -0.1) is 23.2 Å². The van der Waals surface area contributed by atoms with Gasteiger partial charge in [0.2, 0.25) is 17.6 Å². The molecule has 2 heterocycles. The van der Waals surface area contributed by atoms with Crippen LogP contribution in [-0.2, 0) is 19.2 Å². The van der Waals surface area contributed by atoms with Gasteiger partial charge < -0.3 is 20.1 Å². The molecule has 11 nitrogen and oxygen atoms in total. The fourth-order valence-corrected chi connectivity index (χ4v) is 8.90. The van der Waals surface area contributed by atoms with E-state index >= 15 is 8.78 Å². The van der Waals surface area contributed by atoms with Gasteiger partial charge in [0.15, 0.2) is 33.0 Å². The number of allylic oxidation sites excluding steroid dienone is 2. The number of phenols is 2. The van der Waals surface area contributed by atoms with E-state index in [9.17, 15) is 52.5 Å². The molecule has 0 bridgehead atoms. The first-order chi connectivity index (χ1) is 24.4. The molecule has 2 aliphatic carbocycles. The number of aromatic hydroxyl groups is 2. The number of methoxy groups -OCH3 is 1. The van der Waals surface area contributed by atoms with Gasteiger partial charge in [0.1, 0.15) is 28.5 Å². The summed E-state index contributed by atoms with van der Waals surface area (Å²) < 4.78 is 78.8. The fourth-order valence-electron chi connectivity index (χ4n) is 7.98. The average molecular weight is 767 g/mol. The number of ether oxygens (including phenoxy) is 1. The molecular formula is C34H21Cl2F5N2O9. The summed E-state index contributed by atoms with van der Waals surface area (Å²) in [7, 11) is 1.17. The number of carbonyl (C=O) groups is 5. The number of hydrogen-bond acceptors (Lipinski definition) is 8. The largest absolute Gasteiger partial charge is 0.508 e. The predicted octanol–water partition coefficient (Wildman–Crippen LogP) is 5.27. The molecule has 4 amide bonds. The van der Waals surface area contributed by atoms with Crippen LogP contribution in [0.2, 0.25) is 0 Å². The third-order valence-corrected chi connectivity index (χ3v) is 11.7. The lowest BCUT2D eigenvalue weighted by Gasteiger charge is -2.50. The van der Waals surface area contributed by atoms with Crippen LogP contribution in [0.4, 0.5) is 33.3 Å². The van der Waals surface area contributed by atoms with Gasteiger partial charge in [0.05, 0.1) is 24.6 Å². The van der Waals surface area contributed by atoms with Crippen LogP contribution in [0.1, 0.15) is 34.7 Å². The maximum Gasteiger partial charge on any atom is 0.339 e. The van der Waals surface area contributed by atoms with Crippen LogP contribution in [0.3, 0.4) is 0 Å². The van der Waals surface area contributed by atoms with E-state index in [1.54, 1.807) is 0 Å². The van der Waals surface area contributed by atoms with Crippen LogP contribution in [0.25, 0.3) is 0 Å². The van der Waals surface area contributed by atoms with E-state index in [1.807, 2.05) is 0 Å². The van der Waals surface area contributed by atoms with Crippen molar-refractivity contribution in [3.63, 3.8) is 0 Å². The van der Waals surface area contributed by atoms with E-state index in [-0.39, 0.29) is 33.9 Å².